The largest absolute Gasteiger partial charge is 0.352 e. The van der Waals surface area contributed by atoms with E-state index < -0.39 is 28.5 Å². The van der Waals surface area contributed by atoms with Crippen LogP contribution in [0.5, 0.6) is 0 Å². The second kappa shape index (κ2) is 13.1. The minimum atomic E-state index is -4.13. The van der Waals surface area contributed by atoms with E-state index in [1.165, 1.54) is 17.0 Å². The summed E-state index contributed by atoms with van der Waals surface area (Å²) in [5, 5.41) is 4.04. The summed E-state index contributed by atoms with van der Waals surface area (Å²) < 4.78 is 28.8. The number of nitrogens with one attached hydrogen (secondary N) is 1. The summed E-state index contributed by atoms with van der Waals surface area (Å²) in [4.78, 5) is 28.7. The summed E-state index contributed by atoms with van der Waals surface area (Å²) >= 11 is 12.1. The van der Waals surface area contributed by atoms with Crippen molar-refractivity contribution < 1.29 is 18.0 Å². The normalized spacial score (nSPS) is 14.5. The summed E-state index contributed by atoms with van der Waals surface area (Å²) in [6, 6.07) is 18.9. The predicted octanol–water partition coefficient (Wildman–Crippen LogP) is 5.97. The molecule has 4 rings (SSSR count). The Morgan fingerprint density at radius 2 is 1.45 bits per heavy atom. The molecular formula is C30H33Cl2N3O4S. The van der Waals surface area contributed by atoms with Crippen molar-refractivity contribution in [2.45, 2.75) is 63.1 Å². The molecule has 1 aliphatic rings. The lowest BCUT2D eigenvalue weighted by atomic mass is 10.1. The smallest absolute Gasteiger partial charge is 0.264 e. The number of anilines is 1. The first-order valence-corrected chi connectivity index (χ1v) is 15.4. The van der Waals surface area contributed by atoms with Crippen LogP contribution in [0.4, 0.5) is 5.69 Å². The molecule has 2 amide bonds. The van der Waals surface area contributed by atoms with Gasteiger partial charge in [-0.25, -0.2) is 8.42 Å². The van der Waals surface area contributed by atoms with Gasteiger partial charge in [0.2, 0.25) is 11.8 Å². The van der Waals surface area contributed by atoms with Crippen molar-refractivity contribution in [2.24, 2.45) is 0 Å². The van der Waals surface area contributed by atoms with E-state index in [-0.39, 0.29) is 29.1 Å². The zero-order valence-electron chi connectivity index (χ0n) is 22.5. The van der Waals surface area contributed by atoms with E-state index in [1.54, 1.807) is 67.6 Å². The van der Waals surface area contributed by atoms with Crippen LogP contribution in [0.2, 0.25) is 10.0 Å². The molecule has 1 fully saturated rings. The van der Waals surface area contributed by atoms with Crippen molar-refractivity contribution in [1.29, 1.82) is 0 Å². The second-order valence-electron chi connectivity index (χ2n) is 10.1. The number of rotatable bonds is 10. The van der Waals surface area contributed by atoms with Crippen molar-refractivity contribution in [3.05, 3.63) is 94.0 Å². The molecule has 0 aliphatic heterocycles. The van der Waals surface area contributed by atoms with E-state index in [9.17, 15) is 18.0 Å². The highest BCUT2D eigenvalue weighted by molar-refractivity contribution is 7.92. The Balaban J connectivity index is 1.67. The molecule has 212 valence electrons. The number of hydrogen-bond acceptors (Lipinski definition) is 4. The molecule has 0 unspecified atom stereocenters. The van der Waals surface area contributed by atoms with Gasteiger partial charge in [0.15, 0.2) is 0 Å². The number of sulfonamides is 1. The van der Waals surface area contributed by atoms with Gasteiger partial charge in [0.1, 0.15) is 12.6 Å². The third-order valence-electron chi connectivity index (χ3n) is 7.14. The summed E-state index contributed by atoms with van der Waals surface area (Å²) in [7, 11) is -4.13. The maximum Gasteiger partial charge on any atom is 0.264 e. The number of amides is 2. The molecule has 10 heteroatoms. The van der Waals surface area contributed by atoms with Crippen LogP contribution in [0.15, 0.2) is 77.7 Å². The van der Waals surface area contributed by atoms with Crippen molar-refractivity contribution >= 4 is 50.7 Å². The van der Waals surface area contributed by atoms with Crippen LogP contribution in [0.25, 0.3) is 0 Å². The third kappa shape index (κ3) is 7.36. The number of nitrogens with zero attached hydrogens (tertiary/aromatic N) is 2. The Morgan fingerprint density at radius 1 is 0.900 bits per heavy atom. The zero-order valence-corrected chi connectivity index (χ0v) is 24.8. The SMILES string of the molecule is Cc1ccc(S(=O)(=O)N(CC(=O)N(Cc2ccc(Cl)cc2)[C@@H](C)C(=O)NC2CCCC2)c2ccc(Cl)cc2)cc1. The van der Waals surface area contributed by atoms with Gasteiger partial charge < -0.3 is 10.2 Å². The molecule has 0 radical (unpaired) electrons. The number of aryl methyl sites for hydroxylation is 1. The molecule has 7 nitrogen and oxygen atoms in total. The van der Waals surface area contributed by atoms with Crippen LogP contribution in [0.1, 0.15) is 43.7 Å². The van der Waals surface area contributed by atoms with Gasteiger partial charge in [-0.1, -0.05) is 65.9 Å². The predicted molar refractivity (Wildman–Crippen MR) is 159 cm³/mol. The van der Waals surface area contributed by atoms with E-state index in [0.717, 1.165) is 41.1 Å². The van der Waals surface area contributed by atoms with Crippen molar-refractivity contribution in [3.8, 4) is 0 Å². The van der Waals surface area contributed by atoms with Gasteiger partial charge in [-0.15, -0.1) is 0 Å². The molecule has 0 spiro atoms. The van der Waals surface area contributed by atoms with Gasteiger partial charge in [0, 0.05) is 22.6 Å². The number of carbonyl (C=O) groups excluding carboxylic acids is 2. The van der Waals surface area contributed by atoms with Crippen molar-refractivity contribution in [3.63, 3.8) is 0 Å². The summed E-state index contributed by atoms with van der Waals surface area (Å²) in [5.74, 6) is -0.789. The average Bonchev–Trinajstić information content (AvgIpc) is 3.44. The molecule has 1 aliphatic carbocycles. The average molecular weight is 603 g/mol. The van der Waals surface area contributed by atoms with E-state index in [2.05, 4.69) is 5.32 Å². The van der Waals surface area contributed by atoms with Crippen LogP contribution in [0.3, 0.4) is 0 Å². The first-order valence-electron chi connectivity index (χ1n) is 13.2. The fraction of sp³-hybridized carbons (Fsp3) is 0.333. The Labute approximate surface area is 246 Å². The lowest BCUT2D eigenvalue weighted by molar-refractivity contribution is -0.139. The Hall–Kier alpha value is -3.07. The number of hydrogen-bond donors (Lipinski definition) is 1. The molecule has 1 N–H and O–H groups in total. The van der Waals surface area contributed by atoms with Gasteiger partial charge in [0.25, 0.3) is 10.0 Å². The minimum absolute atomic E-state index is 0.0529. The lowest BCUT2D eigenvalue weighted by Crippen LogP contribution is -2.52. The lowest BCUT2D eigenvalue weighted by Gasteiger charge is -2.32. The highest BCUT2D eigenvalue weighted by atomic mass is 35.5. The van der Waals surface area contributed by atoms with E-state index in [0.29, 0.717) is 10.0 Å². The second-order valence-corrected chi connectivity index (χ2v) is 12.9. The molecule has 3 aromatic carbocycles. The van der Waals surface area contributed by atoms with Gasteiger partial charge in [0.05, 0.1) is 10.6 Å². The minimum Gasteiger partial charge on any atom is -0.352 e. The summed E-state index contributed by atoms with van der Waals surface area (Å²) in [6.07, 6.45) is 3.92. The summed E-state index contributed by atoms with van der Waals surface area (Å²) in [5.41, 5.74) is 1.95. The fourth-order valence-corrected chi connectivity index (χ4v) is 6.40. The fourth-order valence-electron chi connectivity index (χ4n) is 4.73. The van der Waals surface area contributed by atoms with Crippen LogP contribution < -0.4 is 9.62 Å². The van der Waals surface area contributed by atoms with E-state index in [4.69, 9.17) is 23.2 Å². The third-order valence-corrected chi connectivity index (χ3v) is 9.43. The maximum atomic E-state index is 14.0. The maximum absolute atomic E-state index is 14.0. The van der Waals surface area contributed by atoms with Gasteiger partial charge >= 0.3 is 0 Å². The van der Waals surface area contributed by atoms with Crippen LogP contribution in [0, 0.1) is 6.92 Å². The molecule has 1 saturated carbocycles. The Bertz CT molecular complexity index is 1420. The van der Waals surface area contributed by atoms with E-state index >= 15 is 0 Å². The van der Waals surface area contributed by atoms with Gasteiger partial charge in [-0.05, 0) is 80.8 Å². The van der Waals surface area contributed by atoms with Crippen molar-refractivity contribution in [1.82, 2.24) is 10.2 Å². The van der Waals surface area contributed by atoms with Gasteiger partial charge in [-0.3, -0.25) is 13.9 Å². The first-order chi connectivity index (χ1) is 19.0. The van der Waals surface area contributed by atoms with Crippen molar-refractivity contribution in [2.75, 3.05) is 10.8 Å². The van der Waals surface area contributed by atoms with Crippen LogP contribution in [-0.2, 0) is 26.2 Å². The quantitative estimate of drug-likeness (QED) is 0.310. The standard InChI is InChI=1S/C30H33Cl2N3O4S/c1-21-7-17-28(18-8-21)40(38,39)35(27-15-13-25(32)14-16-27)20-29(36)34(19-23-9-11-24(31)12-10-23)22(2)30(37)33-26-5-3-4-6-26/h7-18,22,26H,3-6,19-20H2,1-2H3,(H,33,37)/t22-/m0/s1. The molecular weight excluding hydrogens is 569 g/mol. The molecule has 0 aromatic heterocycles. The molecule has 0 saturated heterocycles. The topological polar surface area (TPSA) is 86.8 Å². The van der Waals surface area contributed by atoms with Crippen LogP contribution >= 0.6 is 23.2 Å². The van der Waals surface area contributed by atoms with Gasteiger partial charge in [-0.2, -0.15) is 0 Å². The molecule has 3 aromatic rings. The molecule has 0 bridgehead atoms. The number of halogens is 2. The van der Waals surface area contributed by atoms with E-state index in [1.807, 2.05) is 6.92 Å². The summed E-state index contributed by atoms with van der Waals surface area (Å²) in [6.45, 7) is 3.13. The van der Waals surface area contributed by atoms with Crippen LogP contribution in [-0.4, -0.2) is 43.8 Å². The molecule has 0 heterocycles. The highest BCUT2D eigenvalue weighted by Gasteiger charge is 2.33. The number of benzene rings is 3. The Morgan fingerprint density at radius 3 is 2.02 bits per heavy atom. The number of carbonyl (C=O) groups is 2. The zero-order chi connectivity index (χ0) is 28.9. The molecule has 40 heavy (non-hydrogen) atoms. The molecule has 1 atom stereocenters. The highest BCUT2D eigenvalue weighted by Crippen LogP contribution is 2.26. The monoisotopic (exact) mass is 601 g/mol. The first kappa shape index (κ1) is 29.9. The Kier molecular flexibility index (Phi) is 9.77.